The van der Waals surface area contributed by atoms with Crippen LogP contribution >= 0.6 is 0 Å². The van der Waals surface area contributed by atoms with E-state index in [4.69, 9.17) is 4.74 Å². The van der Waals surface area contributed by atoms with Crippen molar-refractivity contribution in [1.82, 2.24) is 9.80 Å². The molecule has 7 nitrogen and oxygen atoms in total. The molecule has 1 fully saturated rings. The highest BCUT2D eigenvalue weighted by atomic mass is 16.5. The van der Waals surface area contributed by atoms with Crippen LogP contribution in [0, 0.1) is 13.8 Å². The molecule has 0 aliphatic carbocycles. The zero-order valence-corrected chi connectivity index (χ0v) is 21.2. The monoisotopic (exact) mass is 486 g/mol. The fourth-order valence-corrected chi connectivity index (χ4v) is 4.62. The first-order chi connectivity index (χ1) is 17.4. The molecule has 1 saturated heterocycles. The predicted octanol–water partition coefficient (Wildman–Crippen LogP) is 4.25. The van der Waals surface area contributed by atoms with Gasteiger partial charge in [0.05, 0.1) is 13.7 Å². The van der Waals surface area contributed by atoms with Gasteiger partial charge >= 0.3 is 0 Å². The normalized spacial score (nSPS) is 15.2. The Morgan fingerprint density at radius 3 is 2.08 bits per heavy atom. The summed E-state index contributed by atoms with van der Waals surface area (Å²) in [4.78, 5) is 30.5. The van der Waals surface area contributed by atoms with Crippen molar-refractivity contribution in [1.29, 1.82) is 0 Å². The van der Waals surface area contributed by atoms with E-state index in [2.05, 4.69) is 20.4 Å². The van der Waals surface area contributed by atoms with Crippen LogP contribution in [0.1, 0.15) is 22.7 Å². The standard InChI is InChI=1S/C29H34N4O3/c1-21-8-7-9-22(2)27(21)31-26(34)20-32-16-18-33(19-17-32)28(23-10-5-4-6-11-23)29(35)30-24-12-14-25(36-3)15-13-24/h4-15,28H,16-20H2,1-3H3,(H,30,35)(H,31,34)/t28-/m1/s1. The van der Waals surface area contributed by atoms with Gasteiger partial charge in [0.15, 0.2) is 0 Å². The van der Waals surface area contributed by atoms with Crippen LogP contribution in [0.5, 0.6) is 5.75 Å². The Balaban J connectivity index is 1.39. The average Bonchev–Trinajstić information content (AvgIpc) is 2.89. The van der Waals surface area contributed by atoms with E-state index in [9.17, 15) is 9.59 Å². The molecule has 7 heteroatoms. The summed E-state index contributed by atoms with van der Waals surface area (Å²) >= 11 is 0. The van der Waals surface area contributed by atoms with Crippen molar-refractivity contribution in [2.24, 2.45) is 0 Å². The molecular weight excluding hydrogens is 452 g/mol. The molecular formula is C29H34N4O3. The van der Waals surface area contributed by atoms with Crippen LogP contribution in [-0.4, -0.2) is 61.4 Å². The van der Waals surface area contributed by atoms with Crippen molar-refractivity contribution in [2.75, 3.05) is 50.5 Å². The van der Waals surface area contributed by atoms with E-state index >= 15 is 0 Å². The van der Waals surface area contributed by atoms with Gasteiger partial charge in [0.25, 0.3) is 0 Å². The molecule has 0 aromatic heterocycles. The lowest BCUT2D eigenvalue weighted by Crippen LogP contribution is -2.51. The zero-order chi connectivity index (χ0) is 25.5. The van der Waals surface area contributed by atoms with Crippen molar-refractivity contribution in [3.05, 3.63) is 89.5 Å². The molecule has 1 heterocycles. The first-order valence-corrected chi connectivity index (χ1v) is 12.3. The largest absolute Gasteiger partial charge is 0.497 e. The molecule has 36 heavy (non-hydrogen) atoms. The van der Waals surface area contributed by atoms with E-state index in [0.29, 0.717) is 32.7 Å². The Morgan fingerprint density at radius 2 is 1.47 bits per heavy atom. The summed E-state index contributed by atoms with van der Waals surface area (Å²) in [6.45, 7) is 7.12. The number of amides is 2. The van der Waals surface area contributed by atoms with Crippen LogP contribution in [0.3, 0.4) is 0 Å². The van der Waals surface area contributed by atoms with Gasteiger partial charge in [-0.05, 0) is 54.8 Å². The van der Waals surface area contributed by atoms with Gasteiger partial charge in [-0.1, -0.05) is 48.5 Å². The molecule has 2 N–H and O–H groups in total. The fraction of sp³-hybridized carbons (Fsp3) is 0.310. The van der Waals surface area contributed by atoms with Gasteiger partial charge in [-0.2, -0.15) is 0 Å². The summed E-state index contributed by atoms with van der Waals surface area (Å²) < 4.78 is 5.21. The van der Waals surface area contributed by atoms with Crippen LogP contribution in [0.25, 0.3) is 0 Å². The van der Waals surface area contributed by atoms with E-state index in [1.165, 1.54) is 0 Å². The molecule has 0 spiro atoms. The third-order valence-corrected chi connectivity index (χ3v) is 6.61. The predicted molar refractivity (Wildman–Crippen MR) is 143 cm³/mol. The lowest BCUT2D eigenvalue weighted by molar-refractivity contribution is -0.123. The number of nitrogens with zero attached hydrogens (tertiary/aromatic N) is 2. The van der Waals surface area contributed by atoms with Crippen molar-refractivity contribution >= 4 is 23.2 Å². The lowest BCUT2D eigenvalue weighted by atomic mass is 10.0. The second kappa shape index (κ2) is 11.8. The first kappa shape index (κ1) is 25.4. The zero-order valence-electron chi connectivity index (χ0n) is 21.2. The number of piperazine rings is 1. The maximum Gasteiger partial charge on any atom is 0.246 e. The molecule has 0 unspecified atom stereocenters. The van der Waals surface area contributed by atoms with Gasteiger partial charge in [-0.3, -0.25) is 19.4 Å². The van der Waals surface area contributed by atoms with E-state index in [-0.39, 0.29) is 11.8 Å². The van der Waals surface area contributed by atoms with Gasteiger partial charge in [0.1, 0.15) is 11.8 Å². The summed E-state index contributed by atoms with van der Waals surface area (Å²) in [5.41, 5.74) is 4.68. The van der Waals surface area contributed by atoms with Crippen molar-refractivity contribution in [3.63, 3.8) is 0 Å². The highest BCUT2D eigenvalue weighted by Crippen LogP contribution is 2.25. The fourth-order valence-electron chi connectivity index (χ4n) is 4.62. The molecule has 3 aromatic carbocycles. The van der Waals surface area contributed by atoms with E-state index in [1.807, 2.05) is 86.6 Å². The number of nitrogens with one attached hydrogen (secondary N) is 2. The van der Waals surface area contributed by atoms with Crippen LogP contribution < -0.4 is 15.4 Å². The third-order valence-electron chi connectivity index (χ3n) is 6.61. The Morgan fingerprint density at radius 1 is 0.833 bits per heavy atom. The molecule has 4 rings (SSSR count). The highest BCUT2D eigenvalue weighted by Gasteiger charge is 2.31. The number of methoxy groups -OCH3 is 1. The molecule has 188 valence electrons. The van der Waals surface area contributed by atoms with Crippen LogP contribution in [0.4, 0.5) is 11.4 Å². The number of ether oxygens (including phenoxy) is 1. The second-order valence-corrected chi connectivity index (χ2v) is 9.16. The molecule has 1 atom stereocenters. The highest BCUT2D eigenvalue weighted by molar-refractivity contribution is 5.96. The van der Waals surface area contributed by atoms with Gasteiger partial charge in [0, 0.05) is 37.6 Å². The van der Waals surface area contributed by atoms with Gasteiger partial charge in [-0.25, -0.2) is 0 Å². The molecule has 3 aromatic rings. The topological polar surface area (TPSA) is 73.9 Å². The number of aryl methyl sites for hydroxylation is 2. The molecule has 0 radical (unpaired) electrons. The smallest absolute Gasteiger partial charge is 0.246 e. The van der Waals surface area contributed by atoms with Crippen molar-refractivity contribution in [2.45, 2.75) is 19.9 Å². The minimum atomic E-state index is -0.418. The number of anilines is 2. The van der Waals surface area contributed by atoms with Crippen molar-refractivity contribution in [3.8, 4) is 5.75 Å². The minimum absolute atomic E-state index is 0.0160. The number of carbonyl (C=O) groups excluding carboxylic acids is 2. The third kappa shape index (κ3) is 6.30. The molecule has 0 bridgehead atoms. The first-order valence-electron chi connectivity index (χ1n) is 12.3. The number of hydrogen-bond acceptors (Lipinski definition) is 5. The van der Waals surface area contributed by atoms with Crippen LogP contribution in [0.15, 0.2) is 72.8 Å². The van der Waals surface area contributed by atoms with Gasteiger partial charge in [-0.15, -0.1) is 0 Å². The molecule has 1 aliphatic rings. The summed E-state index contributed by atoms with van der Waals surface area (Å²) in [5, 5.41) is 6.13. The van der Waals surface area contributed by atoms with E-state index in [1.54, 1.807) is 7.11 Å². The van der Waals surface area contributed by atoms with Crippen LogP contribution in [0.2, 0.25) is 0 Å². The summed E-state index contributed by atoms with van der Waals surface area (Å²) in [6, 6.07) is 22.8. The number of benzene rings is 3. The van der Waals surface area contributed by atoms with E-state index in [0.717, 1.165) is 33.8 Å². The SMILES string of the molecule is COc1ccc(NC(=O)[C@@H](c2ccccc2)N2CCN(CC(=O)Nc3c(C)cccc3C)CC2)cc1. The molecule has 2 amide bonds. The minimum Gasteiger partial charge on any atom is -0.497 e. The Kier molecular flexibility index (Phi) is 8.36. The maximum atomic E-state index is 13.4. The number of carbonyl (C=O) groups is 2. The summed E-state index contributed by atoms with van der Waals surface area (Å²) in [5.74, 6) is 0.649. The quantitative estimate of drug-likeness (QED) is 0.498. The van der Waals surface area contributed by atoms with E-state index < -0.39 is 6.04 Å². The Hall–Kier alpha value is -3.68. The molecule has 1 aliphatic heterocycles. The number of rotatable bonds is 8. The maximum absolute atomic E-state index is 13.4. The lowest BCUT2D eigenvalue weighted by Gasteiger charge is -2.38. The second-order valence-electron chi connectivity index (χ2n) is 9.16. The van der Waals surface area contributed by atoms with Gasteiger partial charge in [0.2, 0.25) is 11.8 Å². The Bertz CT molecular complexity index is 1150. The number of hydrogen-bond donors (Lipinski definition) is 2. The summed E-state index contributed by atoms with van der Waals surface area (Å²) in [6.07, 6.45) is 0. The number of para-hydroxylation sites is 1. The Labute approximate surface area is 213 Å². The average molecular weight is 487 g/mol. The van der Waals surface area contributed by atoms with Crippen molar-refractivity contribution < 1.29 is 14.3 Å². The molecule has 0 saturated carbocycles. The van der Waals surface area contributed by atoms with Crippen LogP contribution in [-0.2, 0) is 9.59 Å². The summed E-state index contributed by atoms with van der Waals surface area (Å²) in [7, 11) is 1.62. The van der Waals surface area contributed by atoms with Gasteiger partial charge < -0.3 is 15.4 Å².